The molecule has 15 heteroatoms. The van der Waals surface area contributed by atoms with Gasteiger partial charge in [0.2, 0.25) is 0 Å². The standard InChI is InChI=1S/C27H37FN5O8P/c1-3-4-5-9-14-38-26(36)18(2)32-42(37,41-19-10-7-6-8-11-19)39-16-27(15-28)24(35)22(34)23(40-27)20-12-13-21-25(29)30-17-31-33(20)21/h6-8,10-13,17-18,22-24,34-35H,3-5,9,14-16H2,1-2H3,(H,32,37)(H2,29,30,31)/t18-,22-,23-,24-,27+,42-/m0/s1. The van der Waals surface area contributed by atoms with Gasteiger partial charge in [0.05, 0.1) is 18.9 Å². The van der Waals surface area contributed by atoms with Crippen molar-refractivity contribution in [3.63, 3.8) is 0 Å². The zero-order valence-corrected chi connectivity index (χ0v) is 24.4. The summed E-state index contributed by atoms with van der Waals surface area (Å²) in [7, 11) is -4.41. The summed E-state index contributed by atoms with van der Waals surface area (Å²) in [4.78, 5) is 16.5. The lowest BCUT2D eigenvalue weighted by molar-refractivity contribution is -0.145. The van der Waals surface area contributed by atoms with Crippen LogP contribution < -0.4 is 15.3 Å². The molecule has 0 unspecified atom stereocenters. The smallest absolute Gasteiger partial charge is 0.459 e. The first-order chi connectivity index (χ1) is 20.1. The van der Waals surface area contributed by atoms with Crippen molar-refractivity contribution in [3.8, 4) is 5.75 Å². The van der Waals surface area contributed by atoms with Crippen molar-refractivity contribution in [1.82, 2.24) is 19.7 Å². The van der Waals surface area contributed by atoms with E-state index in [2.05, 4.69) is 22.1 Å². The number of aromatic nitrogens is 3. The lowest BCUT2D eigenvalue weighted by Crippen LogP contribution is -2.49. The number of hydrogen-bond donors (Lipinski definition) is 4. The van der Waals surface area contributed by atoms with Crippen molar-refractivity contribution in [2.24, 2.45) is 0 Å². The van der Waals surface area contributed by atoms with Crippen LogP contribution in [0.4, 0.5) is 10.2 Å². The van der Waals surface area contributed by atoms with E-state index in [4.69, 9.17) is 24.3 Å². The first kappa shape index (κ1) is 31.8. The maximum absolute atomic E-state index is 14.6. The van der Waals surface area contributed by atoms with Gasteiger partial charge in [-0.3, -0.25) is 9.32 Å². The van der Waals surface area contributed by atoms with Crippen LogP contribution in [-0.2, 0) is 23.4 Å². The molecule has 5 N–H and O–H groups in total. The summed E-state index contributed by atoms with van der Waals surface area (Å²) in [6.07, 6.45) is 0.191. The topological polar surface area (TPSA) is 180 Å². The number of benzene rings is 1. The van der Waals surface area contributed by atoms with Gasteiger partial charge >= 0.3 is 13.7 Å². The minimum absolute atomic E-state index is 0.144. The average molecular weight is 610 g/mol. The van der Waals surface area contributed by atoms with Crippen molar-refractivity contribution < 1.29 is 42.5 Å². The number of anilines is 1. The Hall–Kier alpha value is -3.13. The van der Waals surface area contributed by atoms with Gasteiger partial charge in [-0.15, -0.1) is 0 Å². The molecule has 42 heavy (non-hydrogen) atoms. The second kappa shape index (κ2) is 13.9. The number of unbranched alkanes of at least 4 members (excludes halogenated alkanes) is 3. The summed E-state index contributed by atoms with van der Waals surface area (Å²) >= 11 is 0. The molecule has 4 rings (SSSR count). The average Bonchev–Trinajstić information content (AvgIpc) is 3.52. The normalized spacial score (nSPS) is 24.4. The number of carbonyl (C=O) groups excluding carboxylic acids is 1. The van der Waals surface area contributed by atoms with Gasteiger partial charge in [0, 0.05) is 0 Å². The predicted octanol–water partition coefficient (Wildman–Crippen LogP) is 3.12. The minimum atomic E-state index is -4.41. The van der Waals surface area contributed by atoms with Crippen molar-refractivity contribution in [1.29, 1.82) is 0 Å². The van der Waals surface area contributed by atoms with E-state index in [1.165, 1.54) is 29.9 Å². The number of nitrogens with one attached hydrogen (secondary N) is 1. The summed E-state index contributed by atoms with van der Waals surface area (Å²) < 4.78 is 52.3. The second-order valence-electron chi connectivity index (χ2n) is 10.1. The van der Waals surface area contributed by atoms with Gasteiger partial charge in [-0.05, 0) is 37.6 Å². The second-order valence-corrected chi connectivity index (χ2v) is 11.8. The largest absolute Gasteiger partial charge is 0.465 e. The van der Waals surface area contributed by atoms with Crippen LogP contribution in [0.3, 0.4) is 0 Å². The molecule has 1 saturated heterocycles. The molecular weight excluding hydrogens is 572 g/mol. The lowest BCUT2D eigenvalue weighted by atomic mass is 9.96. The molecule has 1 fully saturated rings. The van der Waals surface area contributed by atoms with Gasteiger partial charge in [-0.25, -0.2) is 18.5 Å². The number of nitrogens with two attached hydrogens (primary N) is 1. The number of alkyl halides is 1. The Morgan fingerprint density at radius 2 is 2.00 bits per heavy atom. The van der Waals surface area contributed by atoms with Crippen LogP contribution in [0.2, 0.25) is 0 Å². The molecule has 3 aromatic rings. The van der Waals surface area contributed by atoms with Gasteiger partial charge in [-0.2, -0.15) is 10.2 Å². The zero-order chi connectivity index (χ0) is 30.3. The monoisotopic (exact) mass is 609 g/mol. The van der Waals surface area contributed by atoms with Crippen LogP contribution in [0, 0.1) is 0 Å². The highest BCUT2D eigenvalue weighted by Crippen LogP contribution is 2.48. The third-order valence-electron chi connectivity index (χ3n) is 6.96. The van der Waals surface area contributed by atoms with Crippen LogP contribution in [0.25, 0.3) is 5.52 Å². The molecule has 0 radical (unpaired) electrons. The molecule has 1 aliphatic heterocycles. The van der Waals surface area contributed by atoms with Gasteiger partial charge in [-0.1, -0.05) is 44.4 Å². The van der Waals surface area contributed by atoms with E-state index in [9.17, 15) is 24.0 Å². The molecule has 230 valence electrons. The lowest BCUT2D eigenvalue weighted by Gasteiger charge is -2.31. The molecule has 2 aromatic heterocycles. The number of carbonyl (C=O) groups is 1. The van der Waals surface area contributed by atoms with Crippen molar-refractivity contribution in [3.05, 3.63) is 54.5 Å². The summed E-state index contributed by atoms with van der Waals surface area (Å²) in [5.74, 6) is -0.366. The van der Waals surface area contributed by atoms with Gasteiger partial charge in [0.15, 0.2) is 5.82 Å². The Bertz CT molecular complexity index is 1380. The molecule has 0 aliphatic carbocycles. The molecule has 0 amide bonds. The Balaban J connectivity index is 1.51. The van der Waals surface area contributed by atoms with Gasteiger partial charge in [0.1, 0.15) is 54.2 Å². The van der Waals surface area contributed by atoms with Crippen LogP contribution >= 0.6 is 7.75 Å². The van der Waals surface area contributed by atoms with E-state index in [-0.39, 0.29) is 23.9 Å². The number of rotatable bonds is 15. The molecule has 13 nitrogen and oxygen atoms in total. The number of fused-ring (bicyclic) bond motifs is 1. The molecule has 1 aromatic carbocycles. The number of para-hydroxylation sites is 1. The number of aliphatic hydroxyl groups is 2. The van der Waals surface area contributed by atoms with E-state index < -0.39 is 57.0 Å². The minimum Gasteiger partial charge on any atom is -0.465 e. The highest BCUT2D eigenvalue weighted by Gasteiger charge is 2.57. The van der Waals surface area contributed by atoms with E-state index in [1.807, 2.05) is 0 Å². The summed E-state index contributed by atoms with van der Waals surface area (Å²) in [5.41, 5.74) is 4.44. The zero-order valence-electron chi connectivity index (χ0n) is 23.5. The highest BCUT2D eigenvalue weighted by molar-refractivity contribution is 7.52. The number of nitrogen functional groups attached to an aromatic ring is 1. The van der Waals surface area contributed by atoms with E-state index in [0.717, 1.165) is 19.3 Å². The first-order valence-corrected chi connectivity index (χ1v) is 15.3. The van der Waals surface area contributed by atoms with E-state index in [0.29, 0.717) is 11.9 Å². The fourth-order valence-electron chi connectivity index (χ4n) is 4.58. The van der Waals surface area contributed by atoms with E-state index in [1.54, 1.807) is 30.3 Å². The number of aliphatic hydroxyl groups excluding tert-OH is 2. The van der Waals surface area contributed by atoms with Crippen molar-refractivity contribution in [2.45, 2.75) is 69.5 Å². The maximum atomic E-state index is 14.6. The highest BCUT2D eigenvalue weighted by atomic mass is 31.2. The predicted molar refractivity (Wildman–Crippen MR) is 150 cm³/mol. The number of ether oxygens (including phenoxy) is 2. The Morgan fingerprint density at radius 3 is 2.71 bits per heavy atom. The van der Waals surface area contributed by atoms with Crippen LogP contribution in [0.5, 0.6) is 5.75 Å². The fraction of sp³-hybridized carbons (Fsp3) is 0.519. The summed E-state index contributed by atoms with van der Waals surface area (Å²) in [6.45, 7) is 1.57. The molecule has 0 bridgehead atoms. The van der Waals surface area contributed by atoms with Crippen molar-refractivity contribution >= 4 is 25.1 Å². The number of halogens is 1. The Kier molecular flexibility index (Phi) is 10.5. The number of hydrogen-bond acceptors (Lipinski definition) is 11. The molecule has 1 aliphatic rings. The molecule has 3 heterocycles. The Labute approximate surface area is 242 Å². The molecule has 6 atom stereocenters. The summed E-state index contributed by atoms with van der Waals surface area (Å²) in [6, 6.07) is 10.1. The molecule has 0 spiro atoms. The third kappa shape index (κ3) is 7.08. The third-order valence-corrected chi connectivity index (χ3v) is 8.58. The van der Waals surface area contributed by atoms with Crippen molar-refractivity contribution in [2.75, 3.05) is 25.6 Å². The molecule has 0 saturated carbocycles. The summed E-state index contributed by atoms with van der Waals surface area (Å²) in [5, 5.41) is 28.5. The van der Waals surface area contributed by atoms with E-state index >= 15 is 0 Å². The number of esters is 1. The van der Waals surface area contributed by atoms with Crippen LogP contribution in [0.1, 0.15) is 51.3 Å². The first-order valence-electron chi connectivity index (χ1n) is 13.7. The quantitative estimate of drug-likeness (QED) is 0.113. The maximum Gasteiger partial charge on any atom is 0.459 e. The van der Waals surface area contributed by atoms with Crippen LogP contribution in [-0.4, -0.2) is 74.5 Å². The van der Waals surface area contributed by atoms with Gasteiger partial charge in [0.25, 0.3) is 0 Å². The SMILES string of the molecule is CCCCCCOC(=O)[C@H](C)N[P@](=O)(OC[C@@]1(CF)O[C@@H](c2ccc3c(N)ncnn23)[C@H](O)[C@@H]1O)Oc1ccccc1. The molecular formula is C27H37FN5O8P. The number of nitrogens with zero attached hydrogens (tertiary/aromatic N) is 3. The fourth-order valence-corrected chi connectivity index (χ4v) is 6.13. The Morgan fingerprint density at radius 1 is 1.24 bits per heavy atom. The van der Waals surface area contributed by atoms with Crippen LogP contribution in [0.15, 0.2) is 48.8 Å². The van der Waals surface area contributed by atoms with Gasteiger partial charge < -0.3 is 29.9 Å².